The number of ether oxygens (including phenoxy) is 1. The average molecular weight is 457 g/mol. The standard InChI is InChI=1S/C20H13F6N3O3/c21-19(22,23)17-27-16(28-32-17)12-6-7-13-9-29(18(30)20(24,25)26)14(10-31-15(13)8-12)11-4-2-1-3-5-11/h1-8,14H,9-10H2. The summed E-state index contributed by atoms with van der Waals surface area (Å²) < 4.78 is 87.8. The highest BCUT2D eigenvalue weighted by molar-refractivity contribution is 5.82. The number of carbonyl (C=O) groups is 1. The third-order valence-electron chi connectivity index (χ3n) is 4.80. The minimum Gasteiger partial charge on any atom is -0.491 e. The van der Waals surface area contributed by atoms with Gasteiger partial charge in [0.1, 0.15) is 12.4 Å². The highest BCUT2D eigenvalue weighted by Gasteiger charge is 2.46. The maximum atomic E-state index is 13.3. The molecule has 32 heavy (non-hydrogen) atoms. The Hall–Kier alpha value is -3.57. The van der Waals surface area contributed by atoms with Crippen molar-refractivity contribution in [3.05, 3.63) is 65.5 Å². The van der Waals surface area contributed by atoms with Crippen LogP contribution < -0.4 is 4.74 Å². The first-order chi connectivity index (χ1) is 15.0. The van der Waals surface area contributed by atoms with Gasteiger partial charge in [0.25, 0.3) is 0 Å². The van der Waals surface area contributed by atoms with Gasteiger partial charge < -0.3 is 14.2 Å². The molecule has 168 valence electrons. The molecule has 6 nitrogen and oxygen atoms in total. The van der Waals surface area contributed by atoms with Crippen molar-refractivity contribution >= 4 is 5.91 Å². The van der Waals surface area contributed by atoms with Gasteiger partial charge >= 0.3 is 24.2 Å². The van der Waals surface area contributed by atoms with Gasteiger partial charge in [-0.3, -0.25) is 4.79 Å². The van der Waals surface area contributed by atoms with Crippen molar-refractivity contribution < 1.29 is 40.4 Å². The van der Waals surface area contributed by atoms with Crippen molar-refractivity contribution in [2.75, 3.05) is 6.61 Å². The molecule has 1 unspecified atom stereocenters. The van der Waals surface area contributed by atoms with Gasteiger partial charge in [-0.15, -0.1) is 0 Å². The molecule has 0 saturated heterocycles. The molecule has 1 aliphatic heterocycles. The Morgan fingerprint density at radius 2 is 1.75 bits per heavy atom. The van der Waals surface area contributed by atoms with Crippen LogP contribution in [0.15, 0.2) is 53.1 Å². The van der Waals surface area contributed by atoms with Crippen LogP contribution in [0, 0.1) is 0 Å². The summed E-state index contributed by atoms with van der Waals surface area (Å²) in [5.74, 6) is -3.83. The summed E-state index contributed by atoms with van der Waals surface area (Å²) in [4.78, 5) is 16.1. The summed E-state index contributed by atoms with van der Waals surface area (Å²) in [6, 6.07) is 11.0. The van der Waals surface area contributed by atoms with Gasteiger partial charge in [-0.2, -0.15) is 31.3 Å². The molecule has 0 fully saturated rings. The first-order valence-corrected chi connectivity index (χ1v) is 9.14. The predicted molar refractivity (Wildman–Crippen MR) is 96.0 cm³/mol. The Labute approximate surface area is 176 Å². The van der Waals surface area contributed by atoms with Gasteiger partial charge in [0.05, 0.1) is 12.6 Å². The molecule has 0 N–H and O–H groups in total. The number of alkyl halides is 6. The number of aromatic nitrogens is 2. The van der Waals surface area contributed by atoms with Crippen LogP contribution in [0.25, 0.3) is 11.4 Å². The largest absolute Gasteiger partial charge is 0.491 e. The van der Waals surface area contributed by atoms with E-state index in [0.717, 1.165) is 0 Å². The average Bonchev–Trinajstić information content (AvgIpc) is 3.16. The quantitative estimate of drug-likeness (QED) is 0.519. The molecular formula is C20H13F6N3O3. The molecule has 12 heteroatoms. The van der Waals surface area contributed by atoms with E-state index >= 15 is 0 Å². The van der Waals surface area contributed by atoms with E-state index in [4.69, 9.17) is 4.74 Å². The van der Waals surface area contributed by atoms with E-state index in [-0.39, 0.29) is 29.3 Å². The molecule has 0 aliphatic carbocycles. The number of hydrogen-bond donors (Lipinski definition) is 0. The molecular weight excluding hydrogens is 444 g/mol. The molecule has 1 aromatic heterocycles. The van der Waals surface area contributed by atoms with E-state index in [1.54, 1.807) is 30.3 Å². The number of rotatable bonds is 2. The third-order valence-corrected chi connectivity index (χ3v) is 4.80. The number of hydrogen-bond acceptors (Lipinski definition) is 5. The maximum absolute atomic E-state index is 13.3. The smallest absolute Gasteiger partial charge is 0.471 e. The molecule has 1 atom stereocenters. The highest BCUT2D eigenvalue weighted by Crippen LogP contribution is 2.37. The molecule has 1 amide bonds. The van der Waals surface area contributed by atoms with Crippen LogP contribution in [-0.4, -0.2) is 33.7 Å². The first kappa shape index (κ1) is 21.7. The van der Waals surface area contributed by atoms with E-state index < -0.39 is 36.7 Å². The highest BCUT2D eigenvalue weighted by atomic mass is 19.4. The number of carbonyl (C=O) groups excluding carboxylic acids is 1. The van der Waals surface area contributed by atoms with Crippen molar-refractivity contribution in [3.8, 4) is 17.1 Å². The Bertz CT molecular complexity index is 1130. The Kier molecular flexibility index (Phi) is 5.31. The lowest BCUT2D eigenvalue weighted by Gasteiger charge is -2.30. The molecule has 4 rings (SSSR count). The predicted octanol–water partition coefficient (Wildman–Crippen LogP) is 4.78. The van der Waals surface area contributed by atoms with Crippen molar-refractivity contribution in [1.82, 2.24) is 15.0 Å². The van der Waals surface area contributed by atoms with E-state index in [1.165, 1.54) is 18.2 Å². The minimum absolute atomic E-state index is 0.0965. The van der Waals surface area contributed by atoms with Crippen LogP contribution >= 0.6 is 0 Å². The van der Waals surface area contributed by atoms with E-state index in [2.05, 4.69) is 14.7 Å². The van der Waals surface area contributed by atoms with Crippen molar-refractivity contribution in [3.63, 3.8) is 0 Å². The second kappa shape index (κ2) is 7.84. The maximum Gasteiger partial charge on any atom is 0.471 e. The van der Waals surface area contributed by atoms with Crippen LogP contribution in [0.5, 0.6) is 5.75 Å². The first-order valence-electron chi connectivity index (χ1n) is 9.14. The molecule has 0 spiro atoms. The summed E-state index contributed by atoms with van der Waals surface area (Å²) in [6.45, 7) is -0.726. The van der Waals surface area contributed by atoms with Crippen LogP contribution in [-0.2, 0) is 17.5 Å². The Morgan fingerprint density at radius 1 is 1.03 bits per heavy atom. The zero-order valence-corrected chi connectivity index (χ0v) is 15.9. The molecule has 1 aliphatic rings. The van der Waals surface area contributed by atoms with Crippen molar-refractivity contribution in [1.29, 1.82) is 0 Å². The van der Waals surface area contributed by atoms with Crippen molar-refractivity contribution in [2.45, 2.75) is 24.9 Å². The SMILES string of the molecule is O=C(N1Cc2ccc(-c3noc(C(F)(F)F)n3)cc2OCC1c1ccccc1)C(F)(F)F. The lowest BCUT2D eigenvalue weighted by molar-refractivity contribution is -0.189. The lowest BCUT2D eigenvalue weighted by Crippen LogP contribution is -2.43. The van der Waals surface area contributed by atoms with Crippen LogP contribution in [0.3, 0.4) is 0 Å². The van der Waals surface area contributed by atoms with Gasteiger partial charge in [-0.05, 0) is 11.6 Å². The summed E-state index contributed by atoms with van der Waals surface area (Å²) in [5, 5.41) is 3.29. The van der Waals surface area contributed by atoms with Crippen molar-refractivity contribution in [2.24, 2.45) is 0 Å². The second-order valence-corrected chi connectivity index (χ2v) is 6.91. The zero-order chi connectivity index (χ0) is 23.1. The van der Waals surface area contributed by atoms with Gasteiger partial charge in [0.15, 0.2) is 0 Å². The van der Waals surface area contributed by atoms with E-state index in [0.29, 0.717) is 10.5 Å². The molecule has 0 saturated carbocycles. The summed E-state index contributed by atoms with van der Waals surface area (Å²) in [5.41, 5.74) is 0.783. The number of nitrogens with zero attached hydrogens (tertiary/aromatic N) is 3. The second-order valence-electron chi connectivity index (χ2n) is 6.91. The number of fused-ring (bicyclic) bond motifs is 1. The lowest BCUT2D eigenvalue weighted by atomic mass is 10.0. The van der Waals surface area contributed by atoms with E-state index in [1.807, 2.05) is 0 Å². The number of benzene rings is 2. The fourth-order valence-corrected chi connectivity index (χ4v) is 3.29. The summed E-state index contributed by atoms with van der Waals surface area (Å²) in [6.07, 6.45) is -9.93. The molecule has 0 radical (unpaired) electrons. The minimum atomic E-state index is -5.10. The van der Waals surface area contributed by atoms with Gasteiger partial charge in [-0.25, -0.2) is 0 Å². The monoisotopic (exact) mass is 457 g/mol. The normalized spacial score (nSPS) is 16.8. The number of amides is 1. The molecule has 3 aromatic rings. The van der Waals surface area contributed by atoms with Crippen LogP contribution in [0.1, 0.15) is 23.1 Å². The zero-order valence-electron chi connectivity index (χ0n) is 15.9. The topological polar surface area (TPSA) is 68.5 Å². The van der Waals surface area contributed by atoms with Gasteiger partial charge in [0.2, 0.25) is 5.82 Å². The molecule has 2 heterocycles. The fraction of sp³-hybridized carbons (Fsp3) is 0.250. The molecule has 0 bridgehead atoms. The number of halogens is 6. The fourth-order valence-electron chi connectivity index (χ4n) is 3.29. The van der Waals surface area contributed by atoms with E-state index in [9.17, 15) is 31.1 Å². The van der Waals surface area contributed by atoms with Gasteiger partial charge in [-0.1, -0.05) is 47.6 Å². The third kappa shape index (κ3) is 4.25. The Morgan fingerprint density at radius 3 is 2.38 bits per heavy atom. The van der Waals surface area contributed by atoms with Crippen LogP contribution in [0.2, 0.25) is 0 Å². The van der Waals surface area contributed by atoms with Crippen LogP contribution in [0.4, 0.5) is 26.3 Å². The Balaban J connectivity index is 1.70. The summed E-state index contributed by atoms with van der Waals surface area (Å²) >= 11 is 0. The van der Waals surface area contributed by atoms with Gasteiger partial charge in [0, 0.05) is 11.1 Å². The summed E-state index contributed by atoms with van der Waals surface area (Å²) in [7, 11) is 0. The molecule has 2 aromatic carbocycles.